The predicted octanol–water partition coefficient (Wildman–Crippen LogP) is 5.72. The molecule has 2 aromatic carbocycles. The van der Waals surface area contributed by atoms with Crippen molar-refractivity contribution in [1.82, 2.24) is 9.78 Å². The van der Waals surface area contributed by atoms with Gasteiger partial charge in [-0.3, -0.25) is 14.9 Å². The maximum Gasteiger partial charge on any atom is 0.435 e. The zero-order valence-corrected chi connectivity index (χ0v) is 16.1. The number of non-ortho nitro benzene ring substituents is 1. The van der Waals surface area contributed by atoms with Crippen LogP contribution in [0.2, 0.25) is 5.02 Å². The zero-order valence-electron chi connectivity index (χ0n) is 15.3. The van der Waals surface area contributed by atoms with E-state index in [2.05, 4.69) is 10.4 Å². The summed E-state index contributed by atoms with van der Waals surface area (Å²) in [4.78, 5) is 22.6. The van der Waals surface area contributed by atoms with E-state index >= 15 is 0 Å². The van der Waals surface area contributed by atoms with E-state index in [1.165, 1.54) is 12.1 Å². The lowest BCUT2D eigenvalue weighted by molar-refractivity contribution is -0.384. The van der Waals surface area contributed by atoms with E-state index in [1.54, 1.807) is 0 Å². The van der Waals surface area contributed by atoms with Crippen LogP contribution >= 0.6 is 11.6 Å². The van der Waals surface area contributed by atoms with Crippen LogP contribution in [0, 0.1) is 10.1 Å². The molecular weight excluding hydrogens is 470 g/mol. The molecule has 3 aromatic rings. The summed E-state index contributed by atoms with van der Waals surface area (Å²) in [5, 5.41) is 16.0. The number of nitro benzene ring substituents is 1. The van der Waals surface area contributed by atoms with Gasteiger partial charge < -0.3 is 5.32 Å². The third-order valence-electron chi connectivity index (χ3n) is 4.04. The summed E-state index contributed by atoms with van der Waals surface area (Å²) < 4.78 is 78.5. The van der Waals surface area contributed by atoms with Crippen molar-refractivity contribution in [2.45, 2.75) is 12.4 Å². The second-order valence-corrected chi connectivity index (χ2v) is 6.66. The zero-order chi connectivity index (χ0) is 23.8. The Balaban J connectivity index is 1.98. The Morgan fingerprint density at radius 2 is 1.72 bits per heavy atom. The van der Waals surface area contributed by atoms with Crippen molar-refractivity contribution < 1.29 is 36.1 Å². The molecule has 14 heteroatoms. The fraction of sp³-hybridized carbons (Fsp3) is 0.111. The number of alkyl halides is 6. The Kier molecular flexibility index (Phi) is 5.87. The normalized spacial score (nSPS) is 12.0. The predicted molar refractivity (Wildman–Crippen MR) is 99.6 cm³/mol. The smallest absolute Gasteiger partial charge is 0.322 e. The molecule has 1 heterocycles. The monoisotopic (exact) mass is 478 g/mol. The average molecular weight is 479 g/mol. The SMILES string of the molecule is O=C(Nc1cccc(-n2nc(C(F)(F)F)cc2C(F)(F)F)c1)c1cc([N+](=O)[O-])ccc1Cl. The van der Waals surface area contributed by atoms with E-state index in [9.17, 15) is 41.3 Å². The van der Waals surface area contributed by atoms with Crippen molar-refractivity contribution >= 4 is 28.9 Å². The van der Waals surface area contributed by atoms with E-state index in [0.29, 0.717) is 0 Å². The minimum Gasteiger partial charge on any atom is -0.322 e. The Hall–Kier alpha value is -3.61. The number of carbonyl (C=O) groups is 1. The molecule has 1 aromatic heterocycles. The van der Waals surface area contributed by atoms with Gasteiger partial charge >= 0.3 is 12.4 Å². The summed E-state index contributed by atoms with van der Waals surface area (Å²) in [6.45, 7) is 0. The van der Waals surface area contributed by atoms with Crippen LogP contribution in [-0.2, 0) is 12.4 Å². The van der Waals surface area contributed by atoms with Crippen LogP contribution in [0.4, 0.5) is 37.7 Å². The van der Waals surface area contributed by atoms with E-state index in [-0.39, 0.29) is 27.0 Å². The first-order chi connectivity index (χ1) is 14.8. The third kappa shape index (κ3) is 4.82. The molecule has 0 spiro atoms. The first-order valence-corrected chi connectivity index (χ1v) is 8.75. The van der Waals surface area contributed by atoms with Gasteiger partial charge in [-0.15, -0.1) is 0 Å². The quantitative estimate of drug-likeness (QED) is 0.295. The molecule has 32 heavy (non-hydrogen) atoms. The third-order valence-corrected chi connectivity index (χ3v) is 4.37. The number of anilines is 1. The second-order valence-electron chi connectivity index (χ2n) is 6.25. The summed E-state index contributed by atoms with van der Waals surface area (Å²) >= 11 is 5.88. The molecule has 0 aliphatic rings. The van der Waals surface area contributed by atoms with Crippen LogP contribution in [0.5, 0.6) is 0 Å². The number of nitrogens with one attached hydrogen (secondary N) is 1. The highest BCUT2D eigenvalue weighted by Gasteiger charge is 2.42. The molecule has 0 saturated carbocycles. The van der Waals surface area contributed by atoms with Crippen LogP contribution in [0.15, 0.2) is 48.5 Å². The van der Waals surface area contributed by atoms with Crippen LogP contribution in [-0.4, -0.2) is 20.6 Å². The minimum absolute atomic E-state index is 0.0544. The fourth-order valence-electron chi connectivity index (χ4n) is 2.63. The molecule has 1 amide bonds. The van der Waals surface area contributed by atoms with Gasteiger partial charge in [0.1, 0.15) is 5.69 Å². The summed E-state index contributed by atoms with van der Waals surface area (Å²) in [6, 6.07) is 7.37. The first kappa shape index (κ1) is 23.1. The number of halogens is 7. The van der Waals surface area contributed by atoms with Crippen LogP contribution in [0.3, 0.4) is 0 Å². The lowest BCUT2D eigenvalue weighted by Crippen LogP contribution is -2.15. The standard InChI is InChI=1S/C18H9ClF6N4O3/c19-13-5-4-11(29(31)32)7-12(13)16(30)26-9-2-1-3-10(6-9)28-15(18(23,24)25)8-14(27-28)17(20,21)22/h1-8H,(H,26,30). The molecular formula is C18H9ClF6N4O3. The van der Waals surface area contributed by atoms with Gasteiger partial charge in [-0.25, -0.2) is 4.68 Å². The molecule has 7 nitrogen and oxygen atoms in total. The molecule has 0 saturated heterocycles. The highest BCUT2D eigenvalue weighted by molar-refractivity contribution is 6.34. The molecule has 168 valence electrons. The summed E-state index contributed by atoms with van der Waals surface area (Å²) in [6.07, 6.45) is -10.3. The molecule has 1 N–H and O–H groups in total. The molecule has 0 aliphatic heterocycles. The molecule has 0 fully saturated rings. The largest absolute Gasteiger partial charge is 0.435 e. The van der Waals surface area contributed by atoms with Gasteiger partial charge in [-0.2, -0.15) is 31.4 Å². The fourth-order valence-corrected chi connectivity index (χ4v) is 2.84. The van der Waals surface area contributed by atoms with Crippen LogP contribution in [0.25, 0.3) is 5.69 Å². The maximum absolute atomic E-state index is 13.2. The van der Waals surface area contributed by atoms with Crippen LogP contribution in [0.1, 0.15) is 21.7 Å². The Labute approximate surface area is 179 Å². The molecule has 0 aliphatic carbocycles. The van der Waals surface area contributed by atoms with Crippen LogP contribution < -0.4 is 5.32 Å². The number of aromatic nitrogens is 2. The number of hydrogen-bond acceptors (Lipinski definition) is 4. The van der Waals surface area contributed by atoms with Crippen molar-refractivity contribution in [2.24, 2.45) is 0 Å². The van der Waals surface area contributed by atoms with E-state index in [4.69, 9.17) is 11.6 Å². The number of nitrogens with zero attached hydrogens (tertiary/aromatic N) is 3. The van der Waals surface area contributed by atoms with Gasteiger partial charge in [0.25, 0.3) is 11.6 Å². The van der Waals surface area contributed by atoms with Crippen molar-refractivity contribution in [3.8, 4) is 5.69 Å². The van der Waals surface area contributed by atoms with E-state index < -0.39 is 45.9 Å². The van der Waals surface area contributed by atoms with Crippen molar-refractivity contribution in [3.05, 3.63) is 80.6 Å². The minimum atomic E-state index is -5.15. The summed E-state index contributed by atoms with van der Waals surface area (Å²) in [5.41, 5.74) is -4.68. The molecule has 0 unspecified atom stereocenters. The first-order valence-electron chi connectivity index (χ1n) is 8.37. The van der Waals surface area contributed by atoms with E-state index in [0.717, 1.165) is 30.3 Å². The Morgan fingerprint density at radius 3 is 2.31 bits per heavy atom. The van der Waals surface area contributed by atoms with Gasteiger partial charge in [0.2, 0.25) is 0 Å². The summed E-state index contributed by atoms with van der Waals surface area (Å²) in [5.74, 6) is -0.927. The highest BCUT2D eigenvalue weighted by atomic mass is 35.5. The molecule has 3 rings (SSSR count). The Morgan fingerprint density at radius 1 is 1.03 bits per heavy atom. The molecule has 0 bridgehead atoms. The topological polar surface area (TPSA) is 90.1 Å². The van der Waals surface area contributed by atoms with Gasteiger partial charge in [0.05, 0.1) is 21.2 Å². The number of benzene rings is 2. The second kappa shape index (κ2) is 8.15. The average Bonchev–Trinajstić information content (AvgIpc) is 3.15. The lowest BCUT2D eigenvalue weighted by atomic mass is 10.1. The van der Waals surface area contributed by atoms with Gasteiger partial charge in [0.15, 0.2) is 5.69 Å². The van der Waals surface area contributed by atoms with E-state index in [1.807, 2.05) is 0 Å². The van der Waals surface area contributed by atoms with Gasteiger partial charge in [-0.1, -0.05) is 17.7 Å². The maximum atomic E-state index is 13.2. The van der Waals surface area contributed by atoms with Crippen molar-refractivity contribution in [3.63, 3.8) is 0 Å². The van der Waals surface area contributed by atoms with Gasteiger partial charge in [-0.05, 0) is 24.3 Å². The van der Waals surface area contributed by atoms with Gasteiger partial charge in [0, 0.05) is 23.9 Å². The Bertz CT molecular complexity index is 1210. The molecule has 0 radical (unpaired) electrons. The lowest BCUT2D eigenvalue weighted by Gasteiger charge is -2.12. The highest BCUT2D eigenvalue weighted by Crippen LogP contribution is 2.36. The number of amides is 1. The molecule has 0 atom stereocenters. The number of hydrogen-bond donors (Lipinski definition) is 1. The summed E-state index contributed by atoms with van der Waals surface area (Å²) in [7, 11) is 0. The number of carbonyl (C=O) groups excluding carboxylic acids is 1. The van der Waals surface area contributed by atoms with Crippen molar-refractivity contribution in [1.29, 1.82) is 0 Å². The number of rotatable bonds is 4. The number of nitro groups is 1. The van der Waals surface area contributed by atoms with Crippen molar-refractivity contribution in [2.75, 3.05) is 5.32 Å².